The summed E-state index contributed by atoms with van der Waals surface area (Å²) in [5, 5.41) is 4.95. The fourth-order valence-corrected chi connectivity index (χ4v) is 4.58. The van der Waals surface area contributed by atoms with Crippen LogP contribution in [0.1, 0.15) is 17.3 Å². The topological polar surface area (TPSA) is 73.7 Å². The first kappa shape index (κ1) is 22.8. The summed E-state index contributed by atoms with van der Waals surface area (Å²) in [5.74, 6) is 0.270. The molecule has 1 amide bonds. The van der Waals surface area contributed by atoms with E-state index in [2.05, 4.69) is 5.10 Å². The molecule has 1 saturated heterocycles. The number of Topliss-reactive ketones (excluding diaryl/α,β-unsaturated/α-hetero) is 1. The highest BCUT2D eigenvalue weighted by Gasteiger charge is 2.25. The average Bonchev–Trinajstić information content (AvgIpc) is 3.41. The van der Waals surface area contributed by atoms with Gasteiger partial charge < -0.3 is 14.4 Å². The second-order valence-electron chi connectivity index (χ2n) is 7.34. The zero-order chi connectivity index (χ0) is 22.7. The number of carbonyl (C=O) groups is 2. The van der Waals surface area contributed by atoms with Gasteiger partial charge in [0.25, 0.3) is 0 Å². The van der Waals surface area contributed by atoms with Crippen molar-refractivity contribution in [3.8, 4) is 16.3 Å². The Bertz CT molecular complexity index is 1130. The Kier molecular flexibility index (Phi) is 7.15. The fraction of sp³-hybridized carbons (Fsp3) is 0.318. The van der Waals surface area contributed by atoms with Crippen LogP contribution in [0.3, 0.4) is 0 Å². The molecule has 2 aromatic heterocycles. The summed E-state index contributed by atoms with van der Waals surface area (Å²) in [5.41, 5.74) is 1.20. The molecule has 0 saturated carbocycles. The monoisotopic (exact) mass is 493 g/mol. The number of ether oxygens (including phenoxy) is 2. The molecule has 0 bridgehead atoms. The van der Waals surface area contributed by atoms with Crippen LogP contribution in [0.4, 0.5) is 0 Å². The number of amides is 1. The van der Waals surface area contributed by atoms with E-state index >= 15 is 0 Å². The van der Waals surface area contributed by atoms with Gasteiger partial charge in [0.2, 0.25) is 5.91 Å². The highest BCUT2D eigenvalue weighted by atomic mass is 35.5. The number of aromatic nitrogens is 2. The number of hydrogen-bond acceptors (Lipinski definition) is 6. The lowest BCUT2D eigenvalue weighted by Gasteiger charge is -2.33. The minimum atomic E-state index is -0.301. The van der Waals surface area contributed by atoms with Crippen LogP contribution >= 0.6 is 34.5 Å². The van der Waals surface area contributed by atoms with Crippen molar-refractivity contribution in [2.45, 2.75) is 19.6 Å². The molecule has 1 unspecified atom stereocenters. The maximum absolute atomic E-state index is 12.8. The average molecular weight is 494 g/mol. The van der Waals surface area contributed by atoms with Crippen molar-refractivity contribution in [1.29, 1.82) is 0 Å². The van der Waals surface area contributed by atoms with Gasteiger partial charge in [-0.15, -0.1) is 11.3 Å². The van der Waals surface area contributed by atoms with Crippen LogP contribution in [-0.2, 0) is 16.1 Å². The number of morpholine rings is 1. The minimum Gasteiger partial charge on any atom is -0.490 e. The molecule has 7 nitrogen and oxygen atoms in total. The third kappa shape index (κ3) is 5.50. The second kappa shape index (κ2) is 10.0. The fourth-order valence-electron chi connectivity index (χ4n) is 3.40. The number of rotatable bonds is 7. The van der Waals surface area contributed by atoms with Crippen LogP contribution in [0.15, 0.2) is 42.6 Å². The van der Waals surface area contributed by atoms with Gasteiger partial charge in [-0.25, -0.2) is 0 Å². The van der Waals surface area contributed by atoms with Crippen LogP contribution in [0.25, 0.3) is 10.6 Å². The molecule has 10 heteroatoms. The van der Waals surface area contributed by atoms with Gasteiger partial charge >= 0.3 is 0 Å². The molecule has 0 aliphatic carbocycles. The Morgan fingerprint density at radius 1 is 1.25 bits per heavy atom. The zero-order valence-corrected chi connectivity index (χ0v) is 19.6. The van der Waals surface area contributed by atoms with Crippen molar-refractivity contribution in [2.24, 2.45) is 0 Å². The normalized spacial score (nSPS) is 16.2. The van der Waals surface area contributed by atoms with E-state index in [1.54, 1.807) is 34.0 Å². The lowest BCUT2D eigenvalue weighted by atomic mass is 10.1. The lowest BCUT2D eigenvalue weighted by molar-refractivity contribution is -0.140. The van der Waals surface area contributed by atoms with Crippen molar-refractivity contribution in [3.63, 3.8) is 0 Å². The molecule has 1 fully saturated rings. The molecule has 1 aromatic carbocycles. The Hall–Kier alpha value is -2.39. The highest BCUT2D eigenvalue weighted by molar-refractivity contribution is 7.19. The van der Waals surface area contributed by atoms with E-state index in [-0.39, 0.29) is 30.9 Å². The molecule has 0 radical (unpaired) electrons. The molecule has 3 aromatic rings. The molecule has 0 N–H and O–H groups in total. The van der Waals surface area contributed by atoms with Crippen LogP contribution in [-0.4, -0.2) is 58.8 Å². The number of carbonyl (C=O) groups excluding carboxylic acids is 2. The number of hydrogen-bond donors (Lipinski definition) is 0. The summed E-state index contributed by atoms with van der Waals surface area (Å²) in [6.07, 6.45) is 1.48. The Balaban J connectivity index is 1.33. The predicted octanol–water partition coefficient (Wildman–Crippen LogP) is 4.43. The SMILES string of the molecule is CC(=O)c1cc(Cl)ccc1OCC1CN(C(=O)Cn2ccc(-c3ccc(Cl)s3)n2)CCO1. The van der Waals surface area contributed by atoms with E-state index in [9.17, 15) is 9.59 Å². The lowest BCUT2D eigenvalue weighted by Crippen LogP contribution is -2.48. The first-order valence-corrected chi connectivity index (χ1v) is 11.6. The predicted molar refractivity (Wildman–Crippen MR) is 124 cm³/mol. The van der Waals surface area contributed by atoms with Gasteiger partial charge in [-0.1, -0.05) is 23.2 Å². The minimum absolute atomic E-state index is 0.0481. The summed E-state index contributed by atoms with van der Waals surface area (Å²) < 4.78 is 13.9. The van der Waals surface area contributed by atoms with Crippen molar-refractivity contribution in [1.82, 2.24) is 14.7 Å². The Morgan fingerprint density at radius 3 is 2.84 bits per heavy atom. The summed E-state index contributed by atoms with van der Waals surface area (Å²) in [6, 6.07) is 10.5. The van der Waals surface area contributed by atoms with Gasteiger partial charge in [0.05, 0.1) is 27.9 Å². The third-order valence-corrected chi connectivity index (χ3v) is 6.49. The molecule has 4 rings (SSSR count). The van der Waals surface area contributed by atoms with Gasteiger partial charge in [-0.2, -0.15) is 5.10 Å². The van der Waals surface area contributed by atoms with Crippen molar-refractivity contribution in [2.75, 3.05) is 26.3 Å². The maximum Gasteiger partial charge on any atom is 0.244 e. The molecule has 1 atom stereocenters. The largest absolute Gasteiger partial charge is 0.490 e. The van der Waals surface area contributed by atoms with Gasteiger partial charge in [-0.3, -0.25) is 14.3 Å². The third-order valence-electron chi connectivity index (χ3n) is 5.00. The van der Waals surface area contributed by atoms with Gasteiger partial charge in [0, 0.05) is 17.8 Å². The van der Waals surface area contributed by atoms with E-state index < -0.39 is 0 Å². The molecule has 32 heavy (non-hydrogen) atoms. The Labute approximate surface area is 199 Å². The van der Waals surface area contributed by atoms with Crippen molar-refractivity contribution in [3.05, 3.63) is 57.5 Å². The van der Waals surface area contributed by atoms with E-state index in [4.69, 9.17) is 32.7 Å². The summed E-state index contributed by atoms with van der Waals surface area (Å²) in [4.78, 5) is 27.4. The molecule has 168 valence electrons. The molecule has 1 aliphatic rings. The first-order valence-electron chi connectivity index (χ1n) is 10.0. The van der Waals surface area contributed by atoms with E-state index in [0.29, 0.717) is 40.4 Å². The van der Waals surface area contributed by atoms with E-state index in [1.165, 1.54) is 18.3 Å². The van der Waals surface area contributed by atoms with E-state index in [0.717, 1.165) is 10.6 Å². The van der Waals surface area contributed by atoms with Crippen molar-refractivity contribution < 1.29 is 19.1 Å². The molecular formula is C22H21Cl2N3O4S. The molecular weight excluding hydrogens is 473 g/mol. The highest BCUT2D eigenvalue weighted by Crippen LogP contribution is 2.29. The number of benzene rings is 1. The second-order valence-corrected chi connectivity index (χ2v) is 9.49. The first-order chi connectivity index (χ1) is 15.4. The van der Waals surface area contributed by atoms with Crippen LogP contribution in [0.5, 0.6) is 5.75 Å². The summed E-state index contributed by atoms with van der Waals surface area (Å²) >= 11 is 13.4. The molecule has 1 aliphatic heterocycles. The quantitative estimate of drug-likeness (QED) is 0.455. The summed E-state index contributed by atoms with van der Waals surface area (Å²) in [7, 11) is 0. The van der Waals surface area contributed by atoms with Gasteiger partial charge in [-0.05, 0) is 43.3 Å². The Morgan fingerprint density at radius 2 is 2.09 bits per heavy atom. The van der Waals surface area contributed by atoms with Crippen LogP contribution in [0.2, 0.25) is 9.36 Å². The van der Waals surface area contributed by atoms with Crippen LogP contribution in [0, 0.1) is 0 Å². The standard InChI is InChI=1S/C22H21Cl2N3O4S/c1-14(28)17-10-15(23)2-3-19(17)31-13-16-11-26(8-9-30-16)22(29)12-27-7-6-18(25-27)20-4-5-21(24)32-20/h2-7,10,16H,8-9,11-13H2,1H3. The number of halogens is 2. The smallest absolute Gasteiger partial charge is 0.244 e. The number of thiophene rings is 1. The maximum atomic E-state index is 12.8. The number of nitrogens with zero attached hydrogens (tertiary/aromatic N) is 3. The molecule has 0 spiro atoms. The summed E-state index contributed by atoms with van der Waals surface area (Å²) in [6.45, 7) is 3.14. The van der Waals surface area contributed by atoms with Gasteiger partial charge in [0.1, 0.15) is 30.7 Å². The number of ketones is 1. The van der Waals surface area contributed by atoms with Crippen LogP contribution < -0.4 is 4.74 Å². The molecule has 3 heterocycles. The van der Waals surface area contributed by atoms with E-state index in [1.807, 2.05) is 18.2 Å². The van der Waals surface area contributed by atoms with Gasteiger partial charge in [0.15, 0.2) is 5.78 Å². The van der Waals surface area contributed by atoms with Crippen molar-refractivity contribution >= 4 is 46.2 Å². The zero-order valence-electron chi connectivity index (χ0n) is 17.3.